The number of ether oxygens (including phenoxy) is 1. The molecule has 23 heavy (non-hydrogen) atoms. The van der Waals surface area contributed by atoms with Crippen molar-refractivity contribution in [3.63, 3.8) is 0 Å². The molecule has 5 nitrogen and oxygen atoms in total. The van der Waals surface area contributed by atoms with Gasteiger partial charge in [-0.25, -0.2) is 0 Å². The van der Waals surface area contributed by atoms with E-state index in [1.807, 2.05) is 13.0 Å². The third-order valence-electron chi connectivity index (χ3n) is 5.10. The molecule has 2 aliphatic rings. The van der Waals surface area contributed by atoms with Crippen molar-refractivity contribution in [2.75, 3.05) is 26.3 Å². The number of carbonyl (C=O) groups excluding carboxylic acids is 1. The summed E-state index contributed by atoms with van der Waals surface area (Å²) >= 11 is 0. The third kappa shape index (κ3) is 3.91. The Morgan fingerprint density at radius 3 is 2.78 bits per heavy atom. The molecule has 2 heterocycles. The molecule has 1 aromatic rings. The Hall–Kier alpha value is -1.43. The number of nitrogens with zero attached hydrogens (tertiary/aromatic N) is 1. The van der Waals surface area contributed by atoms with Crippen molar-refractivity contribution in [1.29, 1.82) is 0 Å². The standard InChI is InChI=1S/C18H26N2O3/c1-14(17(21)19-13-18(22)7-10-23-11-8-18)20-9-6-15-4-2-3-5-16(15)12-20/h2-5,14,22H,6-13H2,1H3,(H,19,21). The van der Waals surface area contributed by atoms with E-state index in [2.05, 4.69) is 28.4 Å². The van der Waals surface area contributed by atoms with E-state index in [-0.39, 0.29) is 11.9 Å². The van der Waals surface area contributed by atoms with Gasteiger partial charge in [-0.3, -0.25) is 9.69 Å². The average Bonchev–Trinajstić information content (AvgIpc) is 2.59. The number of rotatable bonds is 4. The van der Waals surface area contributed by atoms with Gasteiger partial charge < -0.3 is 15.2 Å². The van der Waals surface area contributed by atoms with Crippen LogP contribution in [0.3, 0.4) is 0 Å². The minimum Gasteiger partial charge on any atom is -0.388 e. The van der Waals surface area contributed by atoms with Gasteiger partial charge in [0, 0.05) is 45.7 Å². The highest BCUT2D eigenvalue weighted by molar-refractivity contribution is 5.81. The van der Waals surface area contributed by atoms with Crippen LogP contribution >= 0.6 is 0 Å². The second-order valence-electron chi connectivity index (χ2n) is 6.72. The summed E-state index contributed by atoms with van der Waals surface area (Å²) in [6.07, 6.45) is 2.15. The van der Waals surface area contributed by atoms with Crippen molar-refractivity contribution in [3.8, 4) is 0 Å². The number of benzene rings is 1. The zero-order valence-electron chi connectivity index (χ0n) is 13.8. The van der Waals surface area contributed by atoms with Crippen LogP contribution in [-0.4, -0.2) is 53.9 Å². The highest BCUT2D eigenvalue weighted by Gasteiger charge is 2.32. The Morgan fingerprint density at radius 1 is 1.35 bits per heavy atom. The van der Waals surface area contributed by atoms with Crippen molar-refractivity contribution in [1.82, 2.24) is 10.2 Å². The van der Waals surface area contributed by atoms with Gasteiger partial charge in [-0.2, -0.15) is 0 Å². The van der Waals surface area contributed by atoms with Gasteiger partial charge in [-0.15, -0.1) is 0 Å². The van der Waals surface area contributed by atoms with Crippen LogP contribution in [0, 0.1) is 0 Å². The molecule has 0 aromatic heterocycles. The van der Waals surface area contributed by atoms with E-state index in [1.165, 1.54) is 11.1 Å². The highest BCUT2D eigenvalue weighted by Crippen LogP contribution is 2.21. The fraction of sp³-hybridized carbons (Fsp3) is 0.611. The molecule has 0 saturated carbocycles. The van der Waals surface area contributed by atoms with Crippen LogP contribution in [0.2, 0.25) is 0 Å². The predicted octanol–water partition coefficient (Wildman–Crippen LogP) is 1.09. The Bertz CT molecular complexity index is 555. The molecule has 2 N–H and O–H groups in total. The summed E-state index contributed by atoms with van der Waals surface area (Å²) in [5.74, 6) is -0.00991. The summed E-state index contributed by atoms with van der Waals surface area (Å²) < 4.78 is 5.27. The minimum atomic E-state index is -0.817. The number of carbonyl (C=O) groups is 1. The van der Waals surface area contributed by atoms with Crippen LogP contribution in [0.25, 0.3) is 0 Å². The first-order valence-electron chi connectivity index (χ1n) is 8.46. The normalized spacial score (nSPS) is 22.2. The van der Waals surface area contributed by atoms with E-state index in [4.69, 9.17) is 4.74 Å². The smallest absolute Gasteiger partial charge is 0.237 e. The van der Waals surface area contributed by atoms with E-state index >= 15 is 0 Å². The molecule has 2 aliphatic heterocycles. The van der Waals surface area contributed by atoms with Gasteiger partial charge in [0.15, 0.2) is 0 Å². The maximum Gasteiger partial charge on any atom is 0.237 e. The first-order valence-corrected chi connectivity index (χ1v) is 8.46. The molecule has 5 heteroatoms. The van der Waals surface area contributed by atoms with E-state index in [9.17, 15) is 9.90 Å². The Labute approximate surface area is 137 Å². The van der Waals surface area contributed by atoms with Gasteiger partial charge in [0.25, 0.3) is 0 Å². The summed E-state index contributed by atoms with van der Waals surface area (Å²) in [5.41, 5.74) is 1.87. The maximum atomic E-state index is 12.4. The predicted molar refractivity (Wildman–Crippen MR) is 88.0 cm³/mol. The molecule has 0 spiro atoms. The molecule has 1 amide bonds. The molecule has 0 radical (unpaired) electrons. The molecular formula is C18H26N2O3. The lowest BCUT2D eigenvalue weighted by atomic mass is 9.94. The van der Waals surface area contributed by atoms with Gasteiger partial charge in [0.2, 0.25) is 5.91 Å². The number of hydrogen-bond donors (Lipinski definition) is 2. The molecule has 126 valence electrons. The quantitative estimate of drug-likeness (QED) is 0.872. The average molecular weight is 318 g/mol. The van der Waals surface area contributed by atoms with E-state index in [0.29, 0.717) is 32.6 Å². The van der Waals surface area contributed by atoms with Crippen molar-refractivity contribution < 1.29 is 14.6 Å². The summed E-state index contributed by atoms with van der Waals surface area (Å²) in [6, 6.07) is 8.23. The number of aliphatic hydroxyl groups is 1. The highest BCUT2D eigenvalue weighted by atomic mass is 16.5. The molecule has 1 saturated heterocycles. The summed E-state index contributed by atoms with van der Waals surface area (Å²) in [5, 5.41) is 13.4. The lowest BCUT2D eigenvalue weighted by Crippen LogP contribution is -2.52. The summed E-state index contributed by atoms with van der Waals surface area (Å²) in [6.45, 7) is 5.07. The van der Waals surface area contributed by atoms with E-state index < -0.39 is 5.60 Å². The molecule has 1 atom stereocenters. The lowest BCUT2D eigenvalue weighted by Gasteiger charge is -2.35. The van der Waals surface area contributed by atoms with Crippen molar-refractivity contribution in [2.45, 2.75) is 44.4 Å². The number of hydrogen-bond acceptors (Lipinski definition) is 4. The Kier molecular flexibility index (Phi) is 4.99. The molecule has 3 rings (SSSR count). The van der Waals surface area contributed by atoms with Crippen molar-refractivity contribution >= 4 is 5.91 Å². The maximum absolute atomic E-state index is 12.4. The largest absolute Gasteiger partial charge is 0.388 e. The summed E-state index contributed by atoms with van der Waals surface area (Å²) in [7, 11) is 0. The molecule has 1 aromatic carbocycles. The fourth-order valence-electron chi connectivity index (χ4n) is 3.34. The van der Waals surface area contributed by atoms with Crippen molar-refractivity contribution in [3.05, 3.63) is 35.4 Å². The fourth-order valence-corrected chi connectivity index (χ4v) is 3.34. The molecular weight excluding hydrogens is 292 g/mol. The molecule has 1 unspecified atom stereocenters. The second-order valence-corrected chi connectivity index (χ2v) is 6.72. The van der Waals surface area contributed by atoms with Crippen LogP contribution in [0.4, 0.5) is 0 Å². The van der Waals surface area contributed by atoms with Crippen LogP contribution in [0.5, 0.6) is 0 Å². The minimum absolute atomic E-state index is 0.00991. The SMILES string of the molecule is CC(C(=O)NCC1(O)CCOCC1)N1CCc2ccccc2C1. The zero-order valence-corrected chi connectivity index (χ0v) is 13.8. The van der Waals surface area contributed by atoms with Crippen LogP contribution in [0.15, 0.2) is 24.3 Å². The van der Waals surface area contributed by atoms with Gasteiger partial charge in [0.05, 0.1) is 11.6 Å². The van der Waals surface area contributed by atoms with Gasteiger partial charge in [-0.05, 0) is 24.5 Å². The molecule has 0 bridgehead atoms. The third-order valence-corrected chi connectivity index (χ3v) is 5.10. The molecule has 0 aliphatic carbocycles. The first-order chi connectivity index (χ1) is 11.1. The van der Waals surface area contributed by atoms with Crippen LogP contribution < -0.4 is 5.32 Å². The number of nitrogens with one attached hydrogen (secondary N) is 1. The van der Waals surface area contributed by atoms with Crippen LogP contribution in [-0.2, 0) is 22.5 Å². The van der Waals surface area contributed by atoms with Gasteiger partial charge in [0.1, 0.15) is 0 Å². The second kappa shape index (κ2) is 6.99. The Morgan fingerprint density at radius 2 is 2.04 bits per heavy atom. The lowest BCUT2D eigenvalue weighted by molar-refractivity contribution is -0.129. The molecule has 1 fully saturated rings. The zero-order chi connectivity index (χ0) is 16.3. The van der Waals surface area contributed by atoms with Crippen molar-refractivity contribution in [2.24, 2.45) is 0 Å². The number of amides is 1. The topological polar surface area (TPSA) is 61.8 Å². The monoisotopic (exact) mass is 318 g/mol. The summed E-state index contributed by atoms with van der Waals surface area (Å²) in [4.78, 5) is 14.6. The van der Waals surface area contributed by atoms with Crippen LogP contribution in [0.1, 0.15) is 30.9 Å². The van der Waals surface area contributed by atoms with E-state index in [1.54, 1.807) is 0 Å². The van der Waals surface area contributed by atoms with Gasteiger partial charge >= 0.3 is 0 Å². The van der Waals surface area contributed by atoms with E-state index in [0.717, 1.165) is 19.5 Å². The Balaban J connectivity index is 1.54. The van der Waals surface area contributed by atoms with Gasteiger partial charge in [-0.1, -0.05) is 24.3 Å². The first kappa shape index (κ1) is 16.4. The number of fused-ring (bicyclic) bond motifs is 1.